The zero-order valence-electron chi connectivity index (χ0n) is 15.0. The lowest BCUT2D eigenvalue weighted by molar-refractivity contribution is -0.139. The van der Waals surface area contributed by atoms with E-state index in [1.54, 1.807) is 24.3 Å². The Kier molecular flexibility index (Phi) is 7.69. The first-order chi connectivity index (χ1) is 13.0. The van der Waals surface area contributed by atoms with E-state index in [-0.39, 0.29) is 6.54 Å². The quantitative estimate of drug-likeness (QED) is 0.407. The van der Waals surface area contributed by atoms with Crippen LogP contribution in [0.25, 0.3) is 0 Å². The third-order valence-corrected chi connectivity index (χ3v) is 3.49. The summed E-state index contributed by atoms with van der Waals surface area (Å²) in [6.07, 6.45) is 2.83. The van der Waals surface area contributed by atoms with Crippen LogP contribution >= 0.6 is 11.6 Å². The molecule has 2 amide bonds. The summed E-state index contributed by atoms with van der Waals surface area (Å²) in [6.45, 7) is 4.66. The standard InChI is InChI=1S/C18H20ClN3O5/c1-3-25-15-9-12(8-14(19)16(15)26-4-2)10-21-22-18(24)17(23)20-11-13-6-5-7-27-13/h5-10H,3-4,11H2,1-2H3,(H,20,23)(H,22,24)/b21-10-. The molecule has 0 aliphatic heterocycles. The Bertz CT molecular complexity index is 806. The molecule has 0 saturated carbocycles. The highest BCUT2D eigenvalue weighted by Crippen LogP contribution is 2.36. The Morgan fingerprint density at radius 2 is 2.00 bits per heavy atom. The average molecular weight is 394 g/mol. The first-order valence-corrected chi connectivity index (χ1v) is 8.65. The summed E-state index contributed by atoms with van der Waals surface area (Å²) in [7, 11) is 0. The van der Waals surface area contributed by atoms with Gasteiger partial charge in [-0.3, -0.25) is 9.59 Å². The van der Waals surface area contributed by atoms with Gasteiger partial charge in [0, 0.05) is 0 Å². The van der Waals surface area contributed by atoms with E-state index in [1.165, 1.54) is 12.5 Å². The highest BCUT2D eigenvalue weighted by Gasteiger charge is 2.13. The van der Waals surface area contributed by atoms with E-state index >= 15 is 0 Å². The van der Waals surface area contributed by atoms with E-state index in [0.717, 1.165) is 0 Å². The van der Waals surface area contributed by atoms with Crippen molar-refractivity contribution in [2.45, 2.75) is 20.4 Å². The Hall–Kier alpha value is -3.00. The van der Waals surface area contributed by atoms with Crippen molar-refractivity contribution < 1.29 is 23.5 Å². The predicted molar refractivity (Wildman–Crippen MR) is 100 cm³/mol. The number of carbonyl (C=O) groups is 2. The molecule has 2 N–H and O–H groups in total. The van der Waals surface area contributed by atoms with E-state index in [1.807, 2.05) is 13.8 Å². The minimum Gasteiger partial charge on any atom is -0.490 e. The minimum absolute atomic E-state index is 0.106. The number of halogens is 1. The number of benzene rings is 1. The normalized spacial score (nSPS) is 10.6. The van der Waals surface area contributed by atoms with E-state index in [2.05, 4.69) is 15.8 Å². The second-order valence-corrected chi connectivity index (χ2v) is 5.56. The van der Waals surface area contributed by atoms with Crippen LogP contribution in [0, 0.1) is 0 Å². The lowest BCUT2D eigenvalue weighted by atomic mass is 10.2. The van der Waals surface area contributed by atoms with Crippen molar-refractivity contribution in [3.8, 4) is 11.5 Å². The van der Waals surface area contributed by atoms with Gasteiger partial charge in [0.15, 0.2) is 11.5 Å². The first kappa shape index (κ1) is 20.3. The van der Waals surface area contributed by atoms with Crippen molar-refractivity contribution in [1.82, 2.24) is 10.7 Å². The molecule has 8 nitrogen and oxygen atoms in total. The summed E-state index contributed by atoms with van der Waals surface area (Å²) in [5.41, 5.74) is 2.72. The Balaban J connectivity index is 1.96. The van der Waals surface area contributed by atoms with Crippen molar-refractivity contribution in [1.29, 1.82) is 0 Å². The van der Waals surface area contributed by atoms with Gasteiger partial charge in [0.1, 0.15) is 5.76 Å². The van der Waals surface area contributed by atoms with Crippen LogP contribution in [0.3, 0.4) is 0 Å². The molecule has 0 unspecified atom stereocenters. The topological polar surface area (TPSA) is 102 Å². The van der Waals surface area contributed by atoms with Gasteiger partial charge in [0.2, 0.25) is 0 Å². The Morgan fingerprint density at radius 3 is 2.67 bits per heavy atom. The van der Waals surface area contributed by atoms with Gasteiger partial charge < -0.3 is 19.2 Å². The second kappa shape index (κ2) is 10.2. The molecular formula is C18H20ClN3O5. The van der Waals surface area contributed by atoms with Crippen molar-refractivity contribution in [3.63, 3.8) is 0 Å². The fourth-order valence-corrected chi connectivity index (χ4v) is 2.36. The predicted octanol–water partition coefficient (Wildman–Crippen LogP) is 2.50. The van der Waals surface area contributed by atoms with E-state index in [4.69, 9.17) is 25.5 Å². The SMILES string of the molecule is CCOc1cc(/C=N\NC(=O)C(=O)NCc2ccco2)cc(Cl)c1OCC. The zero-order chi connectivity index (χ0) is 19.6. The minimum atomic E-state index is -0.903. The molecule has 2 rings (SSSR count). The summed E-state index contributed by atoms with van der Waals surface area (Å²) < 4.78 is 16.0. The molecule has 1 aromatic heterocycles. The molecular weight excluding hydrogens is 374 g/mol. The number of rotatable bonds is 8. The molecule has 27 heavy (non-hydrogen) atoms. The van der Waals surface area contributed by atoms with Gasteiger partial charge in [0.05, 0.1) is 37.3 Å². The van der Waals surface area contributed by atoms with Gasteiger partial charge in [-0.1, -0.05) is 11.6 Å². The number of furan rings is 1. The molecule has 1 aromatic carbocycles. The largest absolute Gasteiger partial charge is 0.490 e. The van der Waals surface area contributed by atoms with Gasteiger partial charge in [-0.15, -0.1) is 0 Å². The van der Waals surface area contributed by atoms with Gasteiger partial charge in [0.25, 0.3) is 0 Å². The molecule has 0 aliphatic rings. The Labute approximate surface area is 161 Å². The molecule has 0 spiro atoms. The van der Waals surface area contributed by atoms with Crippen LogP contribution in [0.15, 0.2) is 40.0 Å². The molecule has 2 aromatic rings. The maximum Gasteiger partial charge on any atom is 0.329 e. The zero-order valence-corrected chi connectivity index (χ0v) is 15.7. The van der Waals surface area contributed by atoms with Crippen LogP contribution in [0.5, 0.6) is 11.5 Å². The number of hydrogen-bond acceptors (Lipinski definition) is 6. The average Bonchev–Trinajstić information content (AvgIpc) is 3.16. The summed E-state index contributed by atoms with van der Waals surface area (Å²) in [5, 5.41) is 6.53. The number of ether oxygens (including phenoxy) is 2. The van der Waals surface area contributed by atoms with Crippen LogP contribution < -0.4 is 20.2 Å². The van der Waals surface area contributed by atoms with Gasteiger partial charge in [-0.2, -0.15) is 5.10 Å². The van der Waals surface area contributed by atoms with Crippen molar-refractivity contribution in [3.05, 3.63) is 46.9 Å². The van der Waals surface area contributed by atoms with Crippen LogP contribution in [0.4, 0.5) is 0 Å². The molecule has 0 atom stereocenters. The molecule has 0 radical (unpaired) electrons. The summed E-state index contributed by atoms with van der Waals surface area (Å²) >= 11 is 6.20. The number of carbonyl (C=O) groups excluding carboxylic acids is 2. The lowest BCUT2D eigenvalue weighted by Crippen LogP contribution is -2.37. The molecule has 0 fully saturated rings. The Morgan fingerprint density at radius 1 is 1.22 bits per heavy atom. The van der Waals surface area contributed by atoms with Crippen LogP contribution in [-0.2, 0) is 16.1 Å². The molecule has 0 bridgehead atoms. The van der Waals surface area contributed by atoms with Gasteiger partial charge in [-0.05, 0) is 43.7 Å². The lowest BCUT2D eigenvalue weighted by Gasteiger charge is -2.13. The molecule has 9 heteroatoms. The number of hydrazone groups is 1. The summed E-state index contributed by atoms with van der Waals surface area (Å²) in [4.78, 5) is 23.4. The van der Waals surface area contributed by atoms with Crippen molar-refractivity contribution >= 4 is 29.6 Å². The fourth-order valence-electron chi connectivity index (χ4n) is 2.09. The second-order valence-electron chi connectivity index (χ2n) is 5.16. The molecule has 1 heterocycles. The van der Waals surface area contributed by atoms with Crippen molar-refractivity contribution in [2.75, 3.05) is 13.2 Å². The fraction of sp³-hybridized carbons (Fsp3) is 0.278. The van der Waals surface area contributed by atoms with Gasteiger partial charge in [-0.25, -0.2) is 5.43 Å². The van der Waals surface area contributed by atoms with Crippen LogP contribution in [0.2, 0.25) is 5.02 Å². The van der Waals surface area contributed by atoms with E-state index < -0.39 is 11.8 Å². The smallest absolute Gasteiger partial charge is 0.329 e. The first-order valence-electron chi connectivity index (χ1n) is 8.27. The van der Waals surface area contributed by atoms with E-state index in [0.29, 0.717) is 41.1 Å². The van der Waals surface area contributed by atoms with Crippen LogP contribution in [-0.4, -0.2) is 31.2 Å². The molecule has 0 saturated heterocycles. The number of hydrogen-bond donors (Lipinski definition) is 2. The summed E-state index contributed by atoms with van der Waals surface area (Å²) in [5.74, 6) is -0.286. The highest BCUT2D eigenvalue weighted by molar-refractivity contribution is 6.35. The molecule has 0 aliphatic carbocycles. The van der Waals surface area contributed by atoms with E-state index in [9.17, 15) is 9.59 Å². The van der Waals surface area contributed by atoms with Crippen LogP contribution in [0.1, 0.15) is 25.2 Å². The monoisotopic (exact) mass is 393 g/mol. The summed E-state index contributed by atoms with van der Waals surface area (Å²) in [6, 6.07) is 6.65. The third-order valence-electron chi connectivity index (χ3n) is 3.21. The number of nitrogens with zero attached hydrogens (tertiary/aromatic N) is 1. The highest BCUT2D eigenvalue weighted by atomic mass is 35.5. The number of nitrogens with one attached hydrogen (secondary N) is 2. The third kappa shape index (κ3) is 6.03. The number of amides is 2. The maximum absolute atomic E-state index is 11.7. The molecule has 144 valence electrons. The van der Waals surface area contributed by atoms with Gasteiger partial charge >= 0.3 is 11.8 Å². The van der Waals surface area contributed by atoms with Crippen molar-refractivity contribution in [2.24, 2.45) is 5.10 Å². The maximum atomic E-state index is 11.7.